The maximum absolute atomic E-state index is 5.47. The van der Waals surface area contributed by atoms with Crippen molar-refractivity contribution in [3.63, 3.8) is 0 Å². The normalized spacial score (nSPS) is 29.7. The Balaban J connectivity index is 1.76. The van der Waals surface area contributed by atoms with E-state index in [4.69, 9.17) is 4.74 Å². The van der Waals surface area contributed by atoms with E-state index in [1.807, 2.05) is 0 Å². The summed E-state index contributed by atoms with van der Waals surface area (Å²) in [5.41, 5.74) is 0. The third-order valence-electron chi connectivity index (χ3n) is 4.28. The molecule has 0 spiro atoms. The molecule has 1 N–H and O–H groups in total. The van der Waals surface area contributed by atoms with Gasteiger partial charge in [0.25, 0.3) is 0 Å². The van der Waals surface area contributed by atoms with Gasteiger partial charge in [0.1, 0.15) is 0 Å². The van der Waals surface area contributed by atoms with Gasteiger partial charge in [-0.1, -0.05) is 13.3 Å². The van der Waals surface area contributed by atoms with Crippen LogP contribution < -0.4 is 5.32 Å². The van der Waals surface area contributed by atoms with Gasteiger partial charge in [-0.3, -0.25) is 4.90 Å². The van der Waals surface area contributed by atoms with Crippen LogP contribution in [0.1, 0.15) is 46.0 Å². The predicted octanol–water partition coefficient (Wildman–Crippen LogP) is 2.27. The highest BCUT2D eigenvalue weighted by Gasteiger charge is 2.38. The van der Waals surface area contributed by atoms with E-state index in [0.29, 0.717) is 0 Å². The summed E-state index contributed by atoms with van der Waals surface area (Å²) in [7, 11) is 0. The molecular weight excluding hydrogens is 224 g/mol. The zero-order chi connectivity index (χ0) is 12.8. The standard InChI is InChI=1S/C15H30N2O/c1-3-6-14-12-17(9-5-10-18-4-2)15(11-16-14)13-7-8-13/h13-16H,3-12H2,1-2H3. The summed E-state index contributed by atoms with van der Waals surface area (Å²) in [6, 6.07) is 1.52. The fourth-order valence-electron chi connectivity index (χ4n) is 3.16. The van der Waals surface area contributed by atoms with Crippen molar-refractivity contribution < 1.29 is 4.74 Å². The van der Waals surface area contributed by atoms with Crippen LogP contribution in [0.3, 0.4) is 0 Å². The van der Waals surface area contributed by atoms with Crippen LogP contribution in [0, 0.1) is 5.92 Å². The van der Waals surface area contributed by atoms with Gasteiger partial charge in [-0.05, 0) is 38.5 Å². The van der Waals surface area contributed by atoms with Crippen molar-refractivity contribution >= 4 is 0 Å². The lowest BCUT2D eigenvalue weighted by Gasteiger charge is -2.41. The zero-order valence-electron chi connectivity index (χ0n) is 12.2. The minimum Gasteiger partial charge on any atom is -0.382 e. The Bertz CT molecular complexity index is 231. The number of rotatable bonds is 8. The van der Waals surface area contributed by atoms with Crippen LogP contribution in [0.2, 0.25) is 0 Å². The average Bonchev–Trinajstić information content (AvgIpc) is 3.20. The first-order chi connectivity index (χ1) is 8.85. The molecule has 0 amide bonds. The second-order valence-corrected chi connectivity index (χ2v) is 5.84. The molecule has 1 saturated heterocycles. The molecule has 0 aromatic rings. The van der Waals surface area contributed by atoms with Crippen LogP contribution in [0.15, 0.2) is 0 Å². The highest BCUT2D eigenvalue weighted by atomic mass is 16.5. The van der Waals surface area contributed by atoms with E-state index in [1.54, 1.807) is 0 Å². The van der Waals surface area contributed by atoms with E-state index in [0.717, 1.165) is 31.2 Å². The molecule has 1 heterocycles. The van der Waals surface area contributed by atoms with Crippen molar-refractivity contribution in [2.75, 3.05) is 32.8 Å². The van der Waals surface area contributed by atoms with Crippen molar-refractivity contribution in [3.8, 4) is 0 Å². The van der Waals surface area contributed by atoms with Gasteiger partial charge in [-0.15, -0.1) is 0 Å². The molecular formula is C15H30N2O. The summed E-state index contributed by atoms with van der Waals surface area (Å²) >= 11 is 0. The molecule has 1 aliphatic heterocycles. The Labute approximate surface area is 112 Å². The smallest absolute Gasteiger partial charge is 0.0478 e. The van der Waals surface area contributed by atoms with E-state index in [9.17, 15) is 0 Å². The molecule has 2 unspecified atom stereocenters. The molecule has 1 saturated carbocycles. The first kappa shape index (κ1) is 14.3. The molecule has 2 fully saturated rings. The molecule has 2 rings (SSSR count). The maximum atomic E-state index is 5.47. The number of hydrogen-bond acceptors (Lipinski definition) is 3. The van der Waals surface area contributed by atoms with E-state index in [1.165, 1.54) is 51.7 Å². The van der Waals surface area contributed by atoms with Gasteiger partial charge in [0.05, 0.1) is 0 Å². The maximum Gasteiger partial charge on any atom is 0.0478 e. The van der Waals surface area contributed by atoms with Crippen molar-refractivity contribution in [2.45, 2.75) is 58.0 Å². The van der Waals surface area contributed by atoms with Crippen molar-refractivity contribution in [1.29, 1.82) is 0 Å². The van der Waals surface area contributed by atoms with E-state index >= 15 is 0 Å². The molecule has 0 aromatic heterocycles. The quantitative estimate of drug-likeness (QED) is 0.673. The Morgan fingerprint density at radius 3 is 2.78 bits per heavy atom. The molecule has 106 valence electrons. The number of nitrogens with one attached hydrogen (secondary N) is 1. The van der Waals surface area contributed by atoms with Gasteiger partial charge in [-0.2, -0.15) is 0 Å². The third kappa shape index (κ3) is 4.22. The summed E-state index contributed by atoms with van der Waals surface area (Å²) in [6.07, 6.45) is 6.70. The lowest BCUT2D eigenvalue weighted by Crippen LogP contribution is -2.57. The van der Waals surface area contributed by atoms with Crippen molar-refractivity contribution in [2.24, 2.45) is 5.92 Å². The highest BCUT2D eigenvalue weighted by Crippen LogP contribution is 2.36. The van der Waals surface area contributed by atoms with Crippen LogP contribution in [-0.4, -0.2) is 49.8 Å². The van der Waals surface area contributed by atoms with Crippen molar-refractivity contribution in [1.82, 2.24) is 10.2 Å². The lowest BCUT2D eigenvalue weighted by molar-refractivity contribution is 0.0867. The second-order valence-electron chi connectivity index (χ2n) is 5.84. The molecule has 2 atom stereocenters. The second kappa shape index (κ2) is 7.46. The SMILES string of the molecule is CCCC1CN(CCCOCC)C(C2CC2)CN1. The average molecular weight is 254 g/mol. The van der Waals surface area contributed by atoms with Gasteiger partial charge in [0.15, 0.2) is 0 Å². The number of nitrogens with zero attached hydrogens (tertiary/aromatic N) is 1. The fraction of sp³-hybridized carbons (Fsp3) is 1.00. The molecule has 3 heteroatoms. The predicted molar refractivity (Wildman–Crippen MR) is 75.9 cm³/mol. The van der Waals surface area contributed by atoms with Gasteiger partial charge in [0, 0.05) is 44.9 Å². The van der Waals surface area contributed by atoms with Gasteiger partial charge >= 0.3 is 0 Å². The summed E-state index contributed by atoms with van der Waals surface area (Å²) in [5, 5.41) is 3.75. The molecule has 0 aromatic carbocycles. The molecule has 1 aliphatic carbocycles. The van der Waals surface area contributed by atoms with Gasteiger partial charge in [0.2, 0.25) is 0 Å². The van der Waals surface area contributed by atoms with Crippen molar-refractivity contribution in [3.05, 3.63) is 0 Å². The monoisotopic (exact) mass is 254 g/mol. The highest BCUT2D eigenvalue weighted by molar-refractivity contribution is 4.94. The first-order valence-electron chi connectivity index (χ1n) is 7.90. The first-order valence-corrected chi connectivity index (χ1v) is 7.90. The van der Waals surface area contributed by atoms with Crippen LogP contribution in [0.25, 0.3) is 0 Å². The molecule has 0 bridgehead atoms. The largest absolute Gasteiger partial charge is 0.382 e. The summed E-state index contributed by atoms with van der Waals surface area (Å²) in [6.45, 7) is 9.83. The van der Waals surface area contributed by atoms with Crippen LogP contribution in [0.5, 0.6) is 0 Å². The van der Waals surface area contributed by atoms with Gasteiger partial charge < -0.3 is 10.1 Å². The molecule has 0 radical (unpaired) electrons. The summed E-state index contributed by atoms with van der Waals surface area (Å²) in [5.74, 6) is 0.979. The van der Waals surface area contributed by atoms with Gasteiger partial charge in [-0.25, -0.2) is 0 Å². The molecule has 3 nitrogen and oxygen atoms in total. The topological polar surface area (TPSA) is 24.5 Å². The van der Waals surface area contributed by atoms with E-state index < -0.39 is 0 Å². The summed E-state index contributed by atoms with van der Waals surface area (Å²) < 4.78 is 5.47. The third-order valence-corrected chi connectivity index (χ3v) is 4.28. The molecule has 18 heavy (non-hydrogen) atoms. The number of ether oxygens (including phenoxy) is 1. The summed E-state index contributed by atoms with van der Waals surface area (Å²) in [4.78, 5) is 2.74. The Morgan fingerprint density at radius 1 is 1.28 bits per heavy atom. The number of hydrogen-bond donors (Lipinski definition) is 1. The Hall–Kier alpha value is -0.120. The van der Waals surface area contributed by atoms with Crippen LogP contribution in [-0.2, 0) is 4.74 Å². The minimum atomic E-state index is 0.720. The van der Waals surface area contributed by atoms with Crippen LogP contribution in [0.4, 0.5) is 0 Å². The molecule has 2 aliphatic rings. The Kier molecular flexibility index (Phi) is 5.93. The lowest BCUT2D eigenvalue weighted by atomic mass is 10.0. The fourth-order valence-corrected chi connectivity index (χ4v) is 3.16. The minimum absolute atomic E-state index is 0.720. The number of piperazine rings is 1. The zero-order valence-corrected chi connectivity index (χ0v) is 12.2. The Morgan fingerprint density at radius 2 is 2.11 bits per heavy atom. The van der Waals surface area contributed by atoms with E-state index in [-0.39, 0.29) is 0 Å². The van der Waals surface area contributed by atoms with Crippen LogP contribution >= 0.6 is 0 Å². The van der Waals surface area contributed by atoms with E-state index in [2.05, 4.69) is 24.1 Å².